The lowest BCUT2D eigenvalue weighted by molar-refractivity contribution is -0.120. The standard InChI is InChI=1S/C14H18N2O2S2/c1-3-8-15-14(17)10(2)20(18)9-13-16-11-6-4-5-7-12(11)19-13/h4-7,10H,3,8-9H2,1-2H3,(H,15,17)/t10-,20+/m1/s1. The molecule has 0 bridgehead atoms. The van der Waals surface area contributed by atoms with Gasteiger partial charge in [0.05, 0.1) is 16.0 Å². The zero-order chi connectivity index (χ0) is 14.5. The van der Waals surface area contributed by atoms with Crippen LogP contribution >= 0.6 is 11.3 Å². The van der Waals surface area contributed by atoms with Gasteiger partial charge in [-0.05, 0) is 25.5 Å². The molecule has 0 aliphatic heterocycles. The van der Waals surface area contributed by atoms with Crippen LogP contribution in [0, 0.1) is 0 Å². The lowest BCUT2D eigenvalue weighted by Gasteiger charge is -2.10. The molecule has 0 aliphatic carbocycles. The predicted octanol–water partition coefficient (Wildman–Crippen LogP) is 2.46. The van der Waals surface area contributed by atoms with Crippen LogP contribution in [0.25, 0.3) is 10.2 Å². The van der Waals surface area contributed by atoms with Gasteiger partial charge in [0.1, 0.15) is 10.3 Å². The van der Waals surface area contributed by atoms with Gasteiger partial charge in [-0.1, -0.05) is 19.1 Å². The van der Waals surface area contributed by atoms with E-state index in [2.05, 4.69) is 10.3 Å². The Morgan fingerprint density at radius 3 is 2.90 bits per heavy atom. The molecule has 0 saturated heterocycles. The molecule has 2 rings (SSSR count). The molecule has 0 unspecified atom stereocenters. The van der Waals surface area contributed by atoms with E-state index in [0.29, 0.717) is 12.3 Å². The Bertz CT molecular complexity index is 591. The fourth-order valence-corrected chi connectivity index (χ4v) is 3.97. The SMILES string of the molecule is CCCNC(=O)[C@@H](C)[S@@](=O)Cc1nc2ccccc2s1. The fraction of sp³-hybridized carbons (Fsp3) is 0.429. The Morgan fingerprint density at radius 2 is 2.20 bits per heavy atom. The average Bonchev–Trinajstić information content (AvgIpc) is 2.85. The fourth-order valence-electron chi connectivity index (χ4n) is 1.74. The molecule has 20 heavy (non-hydrogen) atoms. The first-order valence-electron chi connectivity index (χ1n) is 6.61. The van der Waals surface area contributed by atoms with E-state index < -0.39 is 16.0 Å². The van der Waals surface area contributed by atoms with E-state index in [-0.39, 0.29) is 5.91 Å². The van der Waals surface area contributed by atoms with Gasteiger partial charge >= 0.3 is 0 Å². The zero-order valence-electron chi connectivity index (χ0n) is 11.6. The minimum Gasteiger partial charge on any atom is -0.355 e. The molecule has 1 aromatic carbocycles. The Kier molecular flexibility index (Phi) is 5.25. The van der Waals surface area contributed by atoms with Gasteiger partial charge in [0, 0.05) is 17.3 Å². The quantitative estimate of drug-likeness (QED) is 0.891. The molecular weight excluding hydrogens is 292 g/mol. The van der Waals surface area contributed by atoms with Crippen LogP contribution in [0.5, 0.6) is 0 Å². The minimum absolute atomic E-state index is 0.147. The molecule has 6 heteroatoms. The molecule has 1 amide bonds. The Labute approximate surface area is 125 Å². The maximum absolute atomic E-state index is 12.2. The van der Waals surface area contributed by atoms with Gasteiger partial charge in [-0.2, -0.15) is 0 Å². The van der Waals surface area contributed by atoms with Crippen molar-refractivity contribution in [1.29, 1.82) is 0 Å². The highest BCUT2D eigenvalue weighted by molar-refractivity contribution is 7.85. The number of carbonyl (C=O) groups excluding carboxylic acids is 1. The maximum Gasteiger partial charge on any atom is 0.235 e. The van der Waals surface area contributed by atoms with Gasteiger partial charge in [-0.25, -0.2) is 4.98 Å². The summed E-state index contributed by atoms with van der Waals surface area (Å²) in [6, 6.07) is 7.83. The monoisotopic (exact) mass is 310 g/mol. The molecule has 2 atom stereocenters. The first kappa shape index (κ1) is 15.1. The zero-order valence-corrected chi connectivity index (χ0v) is 13.2. The molecule has 0 spiro atoms. The van der Waals surface area contributed by atoms with Crippen molar-refractivity contribution in [3.8, 4) is 0 Å². The summed E-state index contributed by atoms with van der Waals surface area (Å²) in [5, 5.41) is 3.09. The number of para-hydroxylation sites is 1. The number of carbonyl (C=O) groups is 1. The first-order valence-corrected chi connectivity index (χ1v) is 8.81. The summed E-state index contributed by atoms with van der Waals surface area (Å²) in [4.78, 5) is 16.2. The molecule has 0 fully saturated rings. The summed E-state index contributed by atoms with van der Waals surface area (Å²) in [5.41, 5.74) is 0.924. The third-order valence-electron chi connectivity index (χ3n) is 2.92. The maximum atomic E-state index is 12.2. The van der Waals surface area contributed by atoms with Crippen LogP contribution in [0.4, 0.5) is 0 Å². The number of hydrogen-bond acceptors (Lipinski definition) is 4. The molecule has 108 valence electrons. The number of amides is 1. The summed E-state index contributed by atoms with van der Waals surface area (Å²) < 4.78 is 13.3. The van der Waals surface area contributed by atoms with Crippen molar-refractivity contribution in [1.82, 2.24) is 10.3 Å². The summed E-state index contributed by atoms with van der Waals surface area (Å²) in [5.74, 6) is 0.186. The van der Waals surface area contributed by atoms with Gasteiger partial charge < -0.3 is 5.32 Å². The van der Waals surface area contributed by atoms with Gasteiger partial charge in [0.2, 0.25) is 5.91 Å². The van der Waals surface area contributed by atoms with Gasteiger partial charge in [0.25, 0.3) is 0 Å². The van der Waals surface area contributed by atoms with Crippen molar-refractivity contribution in [3.63, 3.8) is 0 Å². The average molecular weight is 310 g/mol. The van der Waals surface area contributed by atoms with E-state index in [1.54, 1.807) is 6.92 Å². The highest BCUT2D eigenvalue weighted by Crippen LogP contribution is 2.23. The van der Waals surface area contributed by atoms with Crippen LogP contribution in [-0.4, -0.2) is 26.9 Å². The number of nitrogens with one attached hydrogen (secondary N) is 1. The number of rotatable bonds is 6. The van der Waals surface area contributed by atoms with Crippen molar-refractivity contribution in [2.75, 3.05) is 6.54 Å². The van der Waals surface area contributed by atoms with Crippen molar-refractivity contribution >= 4 is 38.3 Å². The summed E-state index contributed by atoms with van der Waals surface area (Å²) in [6.45, 7) is 4.32. The Balaban J connectivity index is 2.01. The predicted molar refractivity (Wildman–Crippen MR) is 84.2 cm³/mol. The molecule has 1 heterocycles. The van der Waals surface area contributed by atoms with Crippen molar-refractivity contribution in [3.05, 3.63) is 29.3 Å². The summed E-state index contributed by atoms with van der Waals surface area (Å²) >= 11 is 1.54. The number of aromatic nitrogens is 1. The second-order valence-corrected chi connectivity index (χ2v) is 7.41. The normalized spacial score (nSPS) is 14.1. The van der Waals surface area contributed by atoms with Crippen LogP contribution < -0.4 is 5.32 Å². The number of thiazole rings is 1. The van der Waals surface area contributed by atoms with Gasteiger partial charge in [0.15, 0.2) is 0 Å². The molecule has 1 N–H and O–H groups in total. The van der Waals surface area contributed by atoms with Crippen LogP contribution in [-0.2, 0) is 21.3 Å². The first-order chi connectivity index (χ1) is 9.61. The van der Waals surface area contributed by atoms with Crippen LogP contribution in [0.3, 0.4) is 0 Å². The second kappa shape index (κ2) is 6.95. The van der Waals surface area contributed by atoms with Crippen molar-refractivity contribution in [2.45, 2.75) is 31.3 Å². The largest absolute Gasteiger partial charge is 0.355 e. The third kappa shape index (κ3) is 3.64. The molecule has 0 aliphatic rings. The number of hydrogen-bond donors (Lipinski definition) is 1. The topological polar surface area (TPSA) is 59.1 Å². The molecule has 2 aromatic rings. The molecular formula is C14H18N2O2S2. The lowest BCUT2D eigenvalue weighted by atomic mass is 10.3. The highest BCUT2D eigenvalue weighted by atomic mass is 32.2. The van der Waals surface area contributed by atoms with Crippen molar-refractivity contribution < 1.29 is 9.00 Å². The molecule has 4 nitrogen and oxygen atoms in total. The Morgan fingerprint density at radius 1 is 1.45 bits per heavy atom. The van der Waals surface area contributed by atoms with E-state index >= 15 is 0 Å². The highest BCUT2D eigenvalue weighted by Gasteiger charge is 2.20. The summed E-state index contributed by atoms with van der Waals surface area (Å²) in [7, 11) is -1.24. The second-order valence-electron chi connectivity index (χ2n) is 4.53. The molecule has 0 saturated carbocycles. The smallest absolute Gasteiger partial charge is 0.235 e. The lowest BCUT2D eigenvalue weighted by Crippen LogP contribution is -2.36. The van der Waals surface area contributed by atoms with Gasteiger partial charge in [-0.15, -0.1) is 11.3 Å². The van der Waals surface area contributed by atoms with Gasteiger partial charge in [-0.3, -0.25) is 9.00 Å². The number of fused-ring (bicyclic) bond motifs is 1. The molecule has 1 aromatic heterocycles. The van der Waals surface area contributed by atoms with E-state index in [9.17, 15) is 9.00 Å². The van der Waals surface area contributed by atoms with Crippen LogP contribution in [0.2, 0.25) is 0 Å². The van der Waals surface area contributed by atoms with Crippen LogP contribution in [0.15, 0.2) is 24.3 Å². The summed E-state index contributed by atoms with van der Waals surface area (Å²) in [6.07, 6.45) is 0.878. The van der Waals surface area contributed by atoms with E-state index in [1.165, 1.54) is 11.3 Å². The molecule has 0 radical (unpaired) electrons. The van der Waals surface area contributed by atoms with E-state index in [4.69, 9.17) is 0 Å². The Hall–Kier alpha value is -1.27. The van der Waals surface area contributed by atoms with Crippen LogP contribution in [0.1, 0.15) is 25.3 Å². The number of benzene rings is 1. The minimum atomic E-state index is -1.24. The number of nitrogens with zero attached hydrogens (tertiary/aromatic N) is 1. The van der Waals surface area contributed by atoms with E-state index in [0.717, 1.165) is 21.6 Å². The third-order valence-corrected chi connectivity index (χ3v) is 5.70. The van der Waals surface area contributed by atoms with E-state index in [1.807, 2.05) is 31.2 Å². The van der Waals surface area contributed by atoms with Crippen molar-refractivity contribution in [2.24, 2.45) is 0 Å².